The summed E-state index contributed by atoms with van der Waals surface area (Å²) in [6.07, 6.45) is 1.60. The van der Waals surface area contributed by atoms with Gasteiger partial charge < -0.3 is 5.32 Å². The highest BCUT2D eigenvalue weighted by Gasteiger charge is 2.28. The molecule has 1 N–H and O–H groups in total. The number of hydrogen-bond donors (Lipinski definition) is 1. The summed E-state index contributed by atoms with van der Waals surface area (Å²) in [4.78, 5) is 12.7. The lowest BCUT2D eigenvalue weighted by molar-refractivity contribution is -0.121. The number of anilines is 1. The fourth-order valence-electron chi connectivity index (χ4n) is 2.57. The third-order valence-corrected chi connectivity index (χ3v) is 6.40. The van der Waals surface area contributed by atoms with Gasteiger partial charge in [-0.2, -0.15) is 0 Å². The molecule has 2 aromatic carbocycles. The molecular formula is C21H28N2O3S. The molecule has 0 saturated carbocycles. The highest BCUT2D eigenvalue weighted by Crippen LogP contribution is 2.24. The van der Waals surface area contributed by atoms with Gasteiger partial charge in [-0.25, -0.2) is 8.42 Å². The van der Waals surface area contributed by atoms with Crippen molar-refractivity contribution in [2.24, 2.45) is 0 Å². The van der Waals surface area contributed by atoms with Gasteiger partial charge in [-0.15, -0.1) is 0 Å². The van der Waals surface area contributed by atoms with Crippen molar-refractivity contribution in [2.75, 3.05) is 10.8 Å². The van der Waals surface area contributed by atoms with Gasteiger partial charge in [0.25, 0.3) is 10.0 Å². The molecule has 0 aliphatic heterocycles. The molecule has 5 nitrogen and oxygen atoms in total. The number of amides is 1. The quantitative estimate of drug-likeness (QED) is 0.749. The van der Waals surface area contributed by atoms with E-state index in [9.17, 15) is 13.2 Å². The molecule has 0 fully saturated rings. The lowest BCUT2D eigenvalue weighted by Gasteiger charge is -2.28. The normalized spacial score (nSPS) is 11.9. The minimum atomic E-state index is -3.86. The minimum absolute atomic E-state index is 0.159. The molecule has 6 heteroatoms. The smallest absolute Gasteiger partial charge is 0.264 e. The Hall–Kier alpha value is -2.34. The zero-order valence-electron chi connectivity index (χ0n) is 16.4. The maximum Gasteiger partial charge on any atom is 0.264 e. The Bertz CT molecular complexity index is 860. The van der Waals surface area contributed by atoms with Gasteiger partial charge in [0.15, 0.2) is 0 Å². The summed E-state index contributed by atoms with van der Waals surface area (Å²) < 4.78 is 27.6. The number of nitrogens with one attached hydrogen (secondary N) is 1. The number of aryl methyl sites for hydroxylation is 1. The van der Waals surface area contributed by atoms with Crippen LogP contribution in [0.15, 0.2) is 59.5 Å². The Morgan fingerprint density at radius 2 is 1.59 bits per heavy atom. The van der Waals surface area contributed by atoms with Gasteiger partial charge in [-0.3, -0.25) is 9.10 Å². The highest BCUT2D eigenvalue weighted by atomic mass is 32.2. The molecular weight excluding hydrogens is 360 g/mol. The van der Waals surface area contributed by atoms with Crippen LogP contribution in [0.4, 0.5) is 5.69 Å². The molecule has 0 bridgehead atoms. The zero-order chi connectivity index (χ0) is 20.1. The van der Waals surface area contributed by atoms with Gasteiger partial charge in [0.1, 0.15) is 6.54 Å². The Labute approximate surface area is 162 Å². The number of carbonyl (C=O) groups excluding carboxylic acids is 1. The average molecular weight is 389 g/mol. The van der Waals surface area contributed by atoms with E-state index >= 15 is 0 Å². The summed E-state index contributed by atoms with van der Waals surface area (Å²) in [5.41, 5.74) is 1.18. The van der Waals surface area contributed by atoms with Crippen LogP contribution in [-0.2, 0) is 21.2 Å². The molecule has 0 heterocycles. The van der Waals surface area contributed by atoms with Gasteiger partial charge in [-0.05, 0) is 56.5 Å². The van der Waals surface area contributed by atoms with Crippen molar-refractivity contribution in [3.8, 4) is 0 Å². The summed E-state index contributed by atoms with van der Waals surface area (Å²) in [6, 6.07) is 15.4. The summed E-state index contributed by atoms with van der Waals surface area (Å²) >= 11 is 0. The second-order valence-corrected chi connectivity index (χ2v) is 8.99. The van der Waals surface area contributed by atoms with Crippen LogP contribution in [0, 0.1) is 0 Å². The Morgan fingerprint density at radius 1 is 1.00 bits per heavy atom. The number of sulfonamides is 1. The van der Waals surface area contributed by atoms with E-state index in [1.54, 1.807) is 30.3 Å². The van der Waals surface area contributed by atoms with Crippen LogP contribution in [0.1, 0.15) is 39.7 Å². The van der Waals surface area contributed by atoms with E-state index < -0.39 is 15.6 Å². The van der Waals surface area contributed by atoms with Gasteiger partial charge >= 0.3 is 0 Å². The fraction of sp³-hybridized carbons (Fsp3) is 0.381. The van der Waals surface area contributed by atoms with E-state index in [-0.39, 0.29) is 17.3 Å². The van der Waals surface area contributed by atoms with Crippen LogP contribution in [0.3, 0.4) is 0 Å². The van der Waals surface area contributed by atoms with Gasteiger partial charge in [0.2, 0.25) is 5.91 Å². The standard InChI is InChI=1S/C21H28N2O3S/c1-5-17-12-14-18(15-13-17)23(16-20(24)22-21(3,4)6-2)27(25,26)19-10-8-7-9-11-19/h7-15H,5-6,16H2,1-4H3,(H,22,24). The van der Waals surface area contributed by atoms with E-state index in [1.807, 2.05) is 39.8 Å². The molecule has 0 unspecified atom stereocenters. The first-order chi connectivity index (χ1) is 12.7. The largest absolute Gasteiger partial charge is 0.350 e. The van der Waals surface area contributed by atoms with Crippen molar-refractivity contribution in [1.29, 1.82) is 0 Å². The number of hydrogen-bond acceptors (Lipinski definition) is 3. The fourth-order valence-corrected chi connectivity index (χ4v) is 4.01. The van der Waals surface area contributed by atoms with Crippen LogP contribution < -0.4 is 9.62 Å². The van der Waals surface area contributed by atoms with Crippen molar-refractivity contribution in [2.45, 2.75) is 51.0 Å². The second kappa shape index (κ2) is 8.57. The maximum atomic E-state index is 13.2. The summed E-state index contributed by atoms with van der Waals surface area (Å²) in [5, 5.41) is 2.91. The lowest BCUT2D eigenvalue weighted by Crippen LogP contribution is -2.48. The molecule has 0 aliphatic carbocycles. The molecule has 0 radical (unpaired) electrons. The molecule has 0 spiro atoms. The zero-order valence-corrected chi connectivity index (χ0v) is 17.2. The molecule has 0 atom stereocenters. The maximum absolute atomic E-state index is 13.2. The van der Waals surface area contributed by atoms with E-state index in [1.165, 1.54) is 16.4 Å². The van der Waals surface area contributed by atoms with Crippen LogP contribution in [0.2, 0.25) is 0 Å². The van der Waals surface area contributed by atoms with Crippen molar-refractivity contribution >= 4 is 21.6 Å². The third-order valence-electron chi connectivity index (χ3n) is 4.61. The minimum Gasteiger partial charge on any atom is -0.350 e. The predicted molar refractivity (Wildman–Crippen MR) is 109 cm³/mol. The summed E-state index contributed by atoms with van der Waals surface area (Å²) in [7, 11) is -3.86. The number of nitrogens with zero attached hydrogens (tertiary/aromatic N) is 1. The van der Waals surface area contributed by atoms with Gasteiger partial charge in [0.05, 0.1) is 10.6 Å². The van der Waals surface area contributed by atoms with E-state index in [0.29, 0.717) is 5.69 Å². The lowest BCUT2D eigenvalue weighted by atomic mass is 10.0. The molecule has 2 rings (SSSR count). The first-order valence-corrected chi connectivity index (χ1v) is 10.6. The van der Waals surface area contributed by atoms with Crippen molar-refractivity contribution in [3.05, 3.63) is 60.2 Å². The Kier molecular flexibility index (Phi) is 6.65. The number of benzene rings is 2. The molecule has 146 valence electrons. The SMILES string of the molecule is CCc1ccc(N(CC(=O)NC(C)(C)CC)S(=O)(=O)c2ccccc2)cc1. The molecule has 2 aromatic rings. The molecule has 0 aromatic heterocycles. The van der Waals surface area contributed by atoms with Crippen molar-refractivity contribution in [1.82, 2.24) is 5.32 Å². The summed E-state index contributed by atoms with van der Waals surface area (Å²) in [5.74, 6) is -0.332. The van der Waals surface area contributed by atoms with Gasteiger partial charge in [0, 0.05) is 5.54 Å². The highest BCUT2D eigenvalue weighted by molar-refractivity contribution is 7.92. The first-order valence-electron chi connectivity index (χ1n) is 9.17. The number of carbonyl (C=O) groups is 1. The topological polar surface area (TPSA) is 66.5 Å². The Balaban J connectivity index is 2.40. The van der Waals surface area contributed by atoms with Crippen molar-refractivity contribution in [3.63, 3.8) is 0 Å². The monoisotopic (exact) mass is 388 g/mol. The molecule has 0 saturated heterocycles. The van der Waals surface area contributed by atoms with Crippen molar-refractivity contribution < 1.29 is 13.2 Å². The Morgan fingerprint density at radius 3 is 2.11 bits per heavy atom. The van der Waals surface area contributed by atoms with Crippen LogP contribution in [-0.4, -0.2) is 26.4 Å². The molecule has 27 heavy (non-hydrogen) atoms. The first kappa shape index (κ1) is 21.0. The third kappa shape index (κ3) is 5.32. The average Bonchev–Trinajstić information content (AvgIpc) is 2.66. The van der Waals surface area contributed by atoms with Crippen LogP contribution >= 0.6 is 0 Å². The number of rotatable bonds is 8. The van der Waals surface area contributed by atoms with E-state index in [0.717, 1.165) is 18.4 Å². The van der Waals surface area contributed by atoms with Gasteiger partial charge in [-0.1, -0.05) is 44.2 Å². The predicted octanol–water partition coefficient (Wildman–Crippen LogP) is 3.75. The van der Waals surface area contributed by atoms with Crippen LogP contribution in [0.25, 0.3) is 0 Å². The molecule has 0 aliphatic rings. The van der Waals surface area contributed by atoms with E-state index in [2.05, 4.69) is 5.32 Å². The van der Waals surface area contributed by atoms with Crippen LogP contribution in [0.5, 0.6) is 0 Å². The molecule has 1 amide bonds. The summed E-state index contributed by atoms with van der Waals surface area (Å²) in [6.45, 7) is 7.57. The second-order valence-electron chi connectivity index (χ2n) is 7.13. The van der Waals surface area contributed by atoms with E-state index in [4.69, 9.17) is 0 Å².